The number of fused-ring (bicyclic) bond motifs is 3. The third-order valence-corrected chi connectivity index (χ3v) is 7.33. The van der Waals surface area contributed by atoms with E-state index in [1.807, 2.05) is 17.0 Å². The van der Waals surface area contributed by atoms with Gasteiger partial charge in [0.15, 0.2) is 5.17 Å². The number of carbonyl (C=O) groups excluding carboxylic acids is 1. The van der Waals surface area contributed by atoms with Gasteiger partial charge in [-0.25, -0.2) is 8.42 Å². The van der Waals surface area contributed by atoms with Crippen molar-refractivity contribution in [2.24, 2.45) is 4.40 Å². The van der Waals surface area contributed by atoms with E-state index in [1.54, 1.807) is 6.07 Å². The summed E-state index contributed by atoms with van der Waals surface area (Å²) in [4.78, 5) is 17.8. The highest BCUT2D eigenvalue weighted by Crippen LogP contribution is 2.42. The zero-order valence-corrected chi connectivity index (χ0v) is 16.4. The standard InChI is InChI=1S/C17H22N4O3S2/c1-11(2)20-6-5-13(10-20)18-16(22)12-3-4-14-15(9-12)25-17-19-26(23,24)8-7-21(14)17/h3-4,9,11,13H,5-8,10H2,1-2H3,(H,18,22). The lowest BCUT2D eigenvalue weighted by Gasteiger charge is -2.22. The van der Waals surface area contributed by atoms with Gasteiger partial charge in [0.2, 0.25) is 0 Å². The Kier molecular flexibility index (Phi) is 4.48. The molecule has 1 saturated heterocycles. The number of thioether (sulfide) groups is 1. The van der Waals surface area contributed by atoms with Gasteiger partial charge >= 0.3 is 0 Å². The molecule has 1 N–H and O–H groups in total. The molecule has 0 aliphatic carbocycles. The molecular weight excluding hydrogens is 372 g/mol. The molecule has 1 unspecified atom stereocenters. The number of amidine groups is 1. The highest BCUT2D eigenvalue weighted by molar-refractivity contribution is 8.15. The highest BCUT2D eigenvalue weighted by Gasteiger charge is 2.33. The van der Waals surface area contributed by atoms with Gasteiger partial charge in [0.1, 0.15) is 0 Å². The Morgan fingerprint density at radius 1 is 1.35 bits per heavy atom. The lowest BCUT2D eigenvalue weighted by Crippen LogP contribution is -2.38. The second kappa shape index (κ2) is 6.54. The molecule has 0 aromatic heterocycles. The first kappa shape index (κ1) is 17.8. The van der Waals surface area contributed by atoms with E-state index in [-0.39, 0.29) is 17.7 Å². The molecule has 0 saturated carbocycles. The fraction of sp³-hybridized carbons (Fsp3) is 0.529. The topological polar surface area (TPSA) is 82.1 Å². The van der Waals surface area contributed by atoms with Gasteiger partial charge in [-0.1, -0.05) is 0 Å². The fourth-order valence-electron chi connectivity index (χ4n) is 3.51. The molecule has 9 heteroatoms. The van der Waals surface area contributed by atoms with Crippen molar-refractivity contribution in [3.05, 3.63) is 23.8 Å². The monoisotopic (exact) mass is 394 g/mol. The molecule has 0 bridgehead atoms. The first-order valence-corrected chi connectivity index (χ1v) is 11.2. The van der Waals surface area contributed by atoms with Crippen LogP contribution < -0.4 is 10.2 Å². The molecule has 0 spiro atoms. The quantitative estimate of drug-likeness (QED) is 0.837. The van der Waals surface area contributed by atoms with Crippen molar-refractivity contribution in [3.63, 3.8) is 0 Å². The van der Waals surface area contributed by atoms with Crippen LogP contribution in [-0.2, 0) is 10.0 Å². The van der Waals surface area contributed by atoms with Gasteiger partial charge in [-0.05, 0) is 50.2 Å². The van der Waals surface area contributed by atoms with Crippen LogP contribution >= 0.6 is 11.8 Å². The molecule has 1 atom stereocenters. The van der Waals surface area contributed by atoms with E-state index in [0.717, 1.165) is 30.1 Å². The van der Waals surface area contributed by atoms with Gasteiger partial charge in [0.25, 0.3) is 15.9 Å². The van der Waals surface area contributed by atoms with Crippen molar-refractivity contribution < 1.29 is 13.2 Å². The van der Waals surface area contributed by atoms with Crippen molar-refractivity contribution in [2.75, 3.05) is 30.3 Å². The zero-order valence-electron chi connectivity index (χ0n) is 14.8. The lowest BCUT2D eigenvalue weighted by molar-refractivity contribution is 0.0936. The maximum absolute atomic E-state index is 12.6. The van der Waals surface area contributed by atoms with Gasteiger partial charge in [-0.3, -0.25) is 9.69 Å². The summed E-state index contributed by atoms with van der Waals surface area (Å²) in [6, 6.07) is 6.18. The normalized spacial score (nSPS) is 24.3. The Morgan fingerprint density at radius 3 is 2.88 bits per heavy atom. The Morgan fingerprint density at radius 2 is 2.15 bits per heavy atom. The number of hydrogen-bond acceptors (Lipinski definition) is 6. The number of anilines is 1. The molecule has 3 aliphatic heterocycles. The van der Waals surface area contributed by atoms with E-state index in [0.29, 0.717) is 23.3 Å². The smallest absolute Gasteiger partial charge is 0.257 e. The number of hydrogen-bond donors (Lipinski definition) is 1. The average molecular weight is 395 g/mol. The number of amides is 1. The summed E-state index contributed by atoms with van der Waals surface area (Å²) in [5.74, 6) is -0.0595. The maximum atomic E-state index is 12.6. The van der Waals surface area contributed by atoms with E-state index in [2.05, 4.69) is 28.5 Å². The molecule has 7 nitrogen and oxygen atoms in total. The van der Waals surface area contributed by atoms with E-state index in [4.69, 9.17) is 0 Å². The summed E-state index contributed by atoms with van der Waals surface area (Å²) in [5, 5.41) is 3.60. The minimum atomic E-state index is -3.37. The Balaban J connectivity index is 1.48. The Labute approximate surface area is 157 Å². The average Bonchev–Trinajstić information content (AvgIpc) is 3.16. The summed E-state index contributed by atoms with van der Waals surface area (Å²) in [6.07, 6.45) is 0.964. The predicted octanol–water partition coefficient (Wildman–Crippen LogP) is 1.51. The van der Waals surface area contributed by atoms with Gasteiger partial charge in [-0.15, -0.1) is 4.40 Å². The summed E-state index contributed by atoms with van der Waals surface area (Å²) in [6.45, 7) is 6.62. The van der Waals surface area contributed by atoms with E-state index >= 15 is 0 Å². The van der Waals surface area contributed by atoms with Crippen LogP contribution in [0.15, 0.2) is 27.5 Å². The molecule has 1 amide bonds. The van der Waals surface area contributed by atoms with E-state index < -0.39 is 10.0 Å². The molecule has 1 aromatic rings. The molecule has 140 valence electrons. The second-order valence-electron chi connectivity index (χ2n) is 7.14. The van der Waals surface area contributed by atoms with Crippen molar-refractivity contribution in [1.29, 1.82) is 0 Å². The van der Waals surface area contributed by atoms with Crippen molar-refractivity contribution in [2.45, 2.75) is 37.2 Å². The van der Waals surface area contributed by atoms with Crippen LogP contribution in [0.5, 0.6) is 0 Å². The number of likely N-dealkylation sites (tertiary alicyclic amines) is 1. The molecule has 3 aliphatic rings. The van der Waals surface area contributed by atoms with E-state index in [9.17, 15) is 13.2 Å². The van der Waals surface area contributed by atoms with Crippen LogP contribution in [0, 0.1) is 0 Å². The Bertz CT molecular complexity index is 882. The zero-order chi connectivity index (χ0) is 18.5. The van der Waals surface area contributed by atoms with Crippen molar-refractivity contribution in [1.82, 2.24) is 10.2 Å². The molecule has 0 radical (unpaired) electrons. The van der Waals surface area contributed by atoms with Crippen LogP contribution in [0.3, 0.4) is 0 Å². The molecule has 4 rings (SSSR count). The summed E-state index contributed by atoms with van der Waals surface area (Å²) in [7, 11) is -3.37. The van der Waals surface area contributed by atoms with Gasteiger partial charge in [-0.2, -0.15) is 0 Å². The molecule has 1 aromatic carbocycles. The minimum absolute atomic E-state index is 0.0206. The van der Waals surface area contributed by atoms with Crippen LogP contribution in [0.25, 0.3) is 0 Å². The first-order valence-electron chi connectivity index (χ1n) is 8.79. The molecular formula is C17H22N4O3S2. The lowest BCUT2D eigenvalue weighted by atomic mass is 10.1. The van der Waals surface area contributed by atoms with Gasteiger partial charge < -0.3 is 10.2 Å². The van der Waals surface area contributed by atoms with Gasteiger partial charge in [0.05, 0.1) is 11.4 Å². The summed E-state index contributed by atoms with van der Waals surface area (Å²) in [5.41, 5.74) is 1.52. The van der Waals surface area contributed by atoms with Crippen molar-refractivity contribution >= 4 is 38.5 Å². The van der Waals surface area contributed by atoms with Crippen LogP contribution in [-0.4, -0.2) is 61.9 Å². The Hall–Kier alpha value is -1.58. The number of nitrogens with zero attached hydrogens (tertiary/aromatic N) is 3. The predicted molar refractivity (Wildman–Crippen MR) is 103 cm³/mol. The first-order chi connectivity index (χ1) is 12.3. The van der Waals surface area contributed by atoms with Crippen molar-refractivity contribution in [3.8, 4) is 0 Å². The van der Waals surface area contributed by atoms with Crippen LogP contribution in [0.2, 0.25) is 0 Å². The number of benzene rings is 1. The summed E-state index contributed by atoms with van der Waals surface area (Å²) < 4.78 is 27.2. The number of rotatable bonds is 3. The maximum Gasteiger partial charge on any atom is 0.257 e. The van der Waals surface area contributed by atoms with Gasteiger partial charge in [0, 0.05) is 42.2 Å². The molecule has 1 fully saturated rings. The summed E-state index contributed by atoms with van der Waals surface area (Å²) >= 11 is 1.31. The van der Waals surface area contributed by atoms with Crippen LogP contribution in [0.4, 0.5) is 5.69 Å². The third kappa shape index (κ3) is 3.35. The number of sulfonamides is 1. The minimum Gasteiger partial charge on any atom is -0.348 e. The molecule has 3 heterocycles. The second-order valence-corrected chi connectivity index (χ2v) is 9.91. The number of carbonyl (C=O) groups is 1. The van der Waals surface area contributed by atoms with E-state index in [1.165, 1.54) is 11.8 Å². The van der Waals surface area contributed by atoms with Crippen LogP contribution in [0.1, 0.15) is 30.6 Å². The fourth-order valence-corrected chi connectivity index (χ4v) is 5.81. The SMILES string of the molecule is CC(C)N1CCC(NC(=O)c2ccc3c(c2)SC2=NS(=O)(=O)CCN23)C1. The molecule has 26 heavy (non-hydrogen) atoms. The highest BCUT2D eigenvalue weighted by atomic mass is 32.2. The largest absolute Gasteiger partial charge is 0.348 e. The number of nitrogens with one attached hydrogen (secondary N) is 1. The third-order valence-electron chi connectivity index (χ3n) is 5.02.